The number of nitrogens with one attached hydrogen (secondary N) is 2. The van der Waals surface area contributed by atoms with Crippen LogP contribution in [0.15, 0.2) is 24.4 Å². The van der Waals surface area contributed by atoms with Crippen LogP contribution < -0.4 is 10.9 Å². The molecular formula is C14H19N3O4. The van der Waals surface area contributed by atoms with Gasteiger partial charge in [-0.1, -0.05) is 0 Å². The maximum Gasteiger partial charge on any atom is 0.426 e. The number of carbonyl (C=O) groups is 2. The molecule has 0 aromatic carbocycles. The first-order valence-electron chi connectivity index (χ1n) is 6.27. The quantitative estimate of drug-likeness (QED) is 0.502. The van der Waals surface area contributed by atoms with Crippen LogP contribution in [0.5, 0.6) is 0 Å². The predicted molar refractivity (Wildman–Crippen MR) is 78.3 cm³/mol. The van der Waals surface area contributed by atoms with Crippen molar-refractivity contribution in [3.63, 3.8) is 0 Å². The summed E-state index contributed by atoms with van der Waals surface area (Å²) in [5.74, 6) is -0.000119. The van der Waals surface area contributed by atoms with Crippen LogP contribution in [0.2, 0.25) is 0 Å². The highest BCUT2D eigenvalue weighted by molar-refractivity contribution is 5.86. The average molecular weight is 293 g/mol. The van der Waals surface area contributed by atoms with Crippen molar-refractivity contribution in [1.29, 1.82) is 0 Å². The zero-order valence-corrected chi connectivity index (χ0v) is 12.5. The van der Waals surface area contributed by atoms with Gasteiger partial charge in [-0.15, -0.1) is 0 Å². The zero-order chi connectivity index (χ0) is 15.9. The Hall–Kier alpha value is -2.57. The van der Waals surface area contributed by atoms with E-state index in [1.807, 2.05) is 0 Å². The van der Waals surface area contributed by atoms with E-state index in [2.05, 4.69) is 20.6 Å². The lowest BCUT2D eigenvalue weighted by atomic mass is 10.2. The molecule has 0 saturated carbocycles. The van der Waals surface area contributed by atoms with E-state index in [-0.39, 0.29) is 0 Å². The number of carbonyl (C=O) groups excluding carboxylic acids is 2. The smallest absolute Gasteiger partial charge is 0.426 e. The lowest BCUT2D eigenvalue weighted by Gasteiger charge is -2.19. The number of amides is 1. The third-order valence-corrected chi connectivity index (χ3v) is 2.09. The molecule has 7 heteroatoms. The minimum atomic E-state index is -0.598. The molecule has 0 saturated heterocycles. The molecule has 1 amide bonds. The SMILES string of the molecule is COC(=O)C=Cc1ccc(NNC(=O)OC(C)(C)C)nc1. The van der Waals surface area contributed by atoms with Crippen LogP contribution in [0, 0.1) is 0 Å². The molecule has 114 valence electrons. The van der Waals surface area contributed by atoms with Crippen LogP contribution in [0.3, 0.4) is 0 Å². The van der Waals surface area contributed by atoms with Crippen molar-refractivity contribution in [3.8, 4) is 0 Å². The zero-order valence-electron chi connectivity index (χ0n) is 12.5. The molecule has 1 aromatic rings. The van der Waals surface area contributed by atoms with E-state index in [0.29, 0.717) is 5.82 Å². The second-order valence-corrected chi connectivity index (χ2v) is 5.09. The van der Waals surface area contributed by atoms with E-state index in [1.165, 1.54) is 13.2 Å². The second-order valence-electron chi connectivity index (χ2n) is 5.09. The van der Waals surface area contributed by atoms with Gasteiger partial charge in [-0.2, -0.15) is 0 Å². The molecule has 2 N–H and O–H groups in total. The lowest BCUT2D eigenvalue weighted by Crippen LogP contribution is -2.36. The number of hydrazine groups is 1. The van der Waals surface area contributed by atoms with Crippen LogP contribution in [0.1, 0.15) is 26.3 Å². The van der Waals surface area contributed by atoms with Crippen molar-refractivity contribution in [2.45, 2.75) is 26.4 Å². The van der Waals surface area contributed by atoms with Gasteiger partial charge >= 0.3 is 12.1 Å². The number of nitrogens with zero attached hydrogens (tertiary/aromatic N) is 1. The molecule has 0 aliphatic heterocycles. The summed E-state index contributed by atoms with van der Waals surface area (Å²) in [4.78, 5) is 26.4. The summed E-state index contributed by atoms with van der Waals surface area (Å²) in [6.45, 7) is 5.31. The molecule has 21 heavy (non-hydrogen) atoms. The Kier molecular flexibility index (Phi) is 5.71. The minimum Gasteiger partial charge on any atom is -0.466 e. The maximum atomic E-state index is 11.4. The summed E-state index contributed by atoms with van der Waals surface area (Å²) in [5, 5.41) is 0. The molecule has 0 aliphatic carbocycles. The fraction of sp³-hybridized carbons (Fsp3) is 0.357. The number of anilines is 1. The third kappa shape index (κ3) is 6.95. The Morgan fingerprint density at radius 1 is 1.29 bits per heavy atom. The highest BCUT2D eigenvalue weighted by Crippen LogP contribution is 2.08. The number of rotatable bonds is 4. The number of aromatic nitrogens is 1. The second kappa shape index (κ2) is 7.28. The summed E-state index contributed by atoms with van der Waals surface area (Å²) in [7, 11) is 1.31. The molecule has 0 aliphatic rings. The summed E-state index contributed by atoms with van der Waals surface area (Å²) in [5.41, 5.74) is 5.14. The first kappa shape index (κ1) is 16.5. The van der Waals surface area contributed by atoms with Crippen LogP contribution >= 0.6 is 0 Å². The van der Waals surface area contributed by atoms with Crippen molar-refractivity contribution in [3.05, 3.63) is 30.0 Å². The molecule has 1 heterocycles. The standard InChI is InChI=1S/C14H19N3O4/c1-14(2,3)21-13(19)17-16-11-7-5-10(9-15-11)6-8-12(18)20-4/h5-9H,1-4H3,(H,15,16)(H,17,19). The fourth-order valence-electron chi connectivity index (χ4n) is 1.23. The number of esters is 1. The van der Waals surface area contributed by atoms with E-state index in [1.54, 1.807) is 45.2 Å². The van der Waals surface area contributed by atoms with E-state index in [4.69, 9.17) is 4.74 Å². The van der Waals surface area contributed by atoms with Crippen LogP contribution in [0.25, 0.3) is 6.08 Å². The van der Waals surface area contributed by atoms with Gasteiger partial charge in [0.15, 0.2) is 0 Å². The van der Waals surface area contributed by atoms with Crippen molar-refractivity contribution in [2.24, 2.45) is 0 Å². The van der Waals surface area contributed by atoms with Gasteiger partial charge in [-0.05, 0) is 44.5 Å². The van der Waals surface area contributed by atoms with Crippen LogP contribution in [-0.4, -0.2) is 29.8 Å². The van der Waals surface area contributed by atoms with Gasteiger partial charge in [0, 0.05) is 12.3 Å². The lowest BCUT2D eigenvalue weighted by molar-refractivity contribution is -0.134. The van der Waals surface area contributed by atoms with Crippen molar-refractivity contribution in [1.82, 2.24) is 10.4 Å². The first-order chi connectivity index (χ1) is 9.80. The molecule has 0 fully saturated rings. The Bertz CT molecular complexity index is 518. The minimum absolute atomic E-state index is 0.441. The molecule has 1 rings (SSSR count). The highest BCUT2D eigenvalue weighted by atomic mass is 16.6. The summed E-state index contributed by atoms with van der Waals surface area (Å²) in [6.07, 6.45) is 3.81. The largest absolute Gasteiger partial charge is 0.466 e. The third-order valence-electron chi connectivity index (χ3n) is 2.09. The molecule has 7 nitrogen and oxygen atoms in total. The van der Waals surface area contributed by atoms with Gasteiger partial charge in [-0.25, -0.2) is 20.0 Å². The number of hydrogen-bond donors (Lipinski definition) is 2. The number of hydrogen-bond acceptors (Lipinski definition) is 6. The molecule has 1 aromatic heterocycles. The summed E-state index contributed by atoms with van der Waals surface area (Å²) < 4.78 is 9.54. The summed E-state index contributed by atoms with van der Waals surface area (Å²) >= 11 is 0. The van der Waals surface area contributed by atoms with Gasteiger partial charge < -0.3 is 9.47 Å². The van der Waals surface area contributed by atoms with Gasteiger partial charge in [0.1, 0.15) is 11.4 Å². The average Bonchev–Trinajstić information content (AvgIpc) is 2.41. The van der Waals surface area contributed by atoms with E-state index in [0.717, 1.165) is 5.56 Å². The van der Waals surface area contributed by atoms with Gasteiger partial charge in [-0.3, -0.25) is 5.43 Å². The van der Waals surface area contributed by atoms with Crippen molar-refractivity contribution >= 4 is 24.0 Å². The molecule has 0 spiro atoms. The van der Waals surface area contributed by atoms with E-state index < -0.39 is 17.7 Å². The predicted octanol–water partition coefficient (Wildman–Crippen LogP) is 2.12. The Morgan fingerprint density at radius 3 is 2.52 bits per heavy atom. The normalized spacial score (nSPS) is 11.0. The Balaban J connectivity index is 2.50. The Morgan fingerprint density at radius 2 is 2.00 bits per heavy atom. The van der Waals surface area contributed by atoms with Crippen molar-refractivity contribution < 1.29 is 19.1 Å². The number of ether oxygens (including phenoxy) is 2. The number of methoxy groups -OCH3 is 1. The van der Waals surface area contributed by atoms with E-state index in [9.17, 15) is 9.59 Å². The molecule has 0 radical (unpaired) electrons. The monoisotopic (exact) mass is 293 g/mol. The fourth-order valence-corrected chi connectivity index (χ4v) is 1.23. The molecule has 0 bridgehead atoms. The molecule has 0 atom stereocenters. The summed E-state index contributed by atoms with van der Waals surface area (Å²) in [6, 6.07) is 3.37. The highest BCUT2D eigenvalue weighted by Gasteiger charge is 2.15. The van der Waals surface area contributed by atoms with Crippen molar-refractivity contribution in [2.75, 3.05) is 12.5 Å². The topological polar surface area (TPSA) is 89.6 Å². The van der Waals surface area contributed by atoms with Gasteiger partial charge in [0.05, 0.1) is 7.11 Å². The van der Waals surface area contributed by atoms with Crippen LogP contribution in [0.4, 0.5) is 10.6 Å². The van der Waals surface area contributed by atoms with E-state index >= 15 is 0 Å². The molecular weight excluding hydrogens is 274 g/mol. The van der Waals surface area contributed by atoms with Gasteiger partial charge in [0.25, 0.3) is 0 Å². The first-order valence-corrected chi connectivity index (χ1v) is 6.27. The number of pyridine rings is 1. The van der Waals surface area contributed by atoms with Gasteiger partial charge in [0.2, 0.25) is 0 Å². The maximum absolute atomic E-state index is 11.4. The Labute approximate surface area is 123 Å². The molecule has 0 unspecified atom stereocenters. The van der Waals surface area contributed by atoms with Crippen LogP contribution in [-0.2, 0) is 14.3 Å².